The molecule has 3 rings (SSSR count). The molecule has 0 atom stereocenters. The van der Waals surface area contributed by atoms with E-state index < -0.39 is 0 Å². The number of rotatable bonds is 2. The van der Waals surface area contributed by atoms with Crippen molar-refractivity contribution in [1.82, 2.24) is 9.97 Å². The van der Waals surface area contributed by atoms with Gasteiger partial charge in [0.05, 0.1) is 5.56 Å². The summed E-state index contributed by atoms with van der Waals surface area (Å²) in [6.45, 7) is 1.93. The fourth-order valence-corrected chi connectivity index (χ4v) is 3.17. The normalized spacial score (nSPS) is 14.8. The first-order valence-electron chi connectivity index (χ1n) is 6.39. The topological polar surface area (TPSA) is 29.0 Å². The molecule has 0 bridgehead atoms. The van der Waals surface area contributed by atoms with Gasteiger partial charge in [-0.1, -0.05) is 51.3 Å². The molecule has 0 N–H and O–H groups in total. The van der Waals surface area contributed by atoms with E-state index in [-0.39, 0.29) is 0 Å². The van der Waals surface area contributed by atoms with Crippen LogP contribution in [0.2, 0.25) is 10.3 Å². The number of benzene rings is 1. The predicted molar refractivity (Wildman–Crippen MR) is 86.6 cm³/mol. The molecule has 6 heteroatoms. The van der Waals surface area contributed by atoms with Crippen LogP contribution in [0, 0.1) is 0 Å². The van der Waals surface area contributed by atoms with Crippen LogP contribution in [0.4, 0.5) is 5.95 Å². The van der Waals surface area contributed by atoms with Crippen molar-refractivity contribution in [2.75, 3.05) is 18.0 Å². The second-order valence-electron chi connectivity index (χ2n) is 4.68. The van der Waals surface area contributed by atoms with Crippen molar-refractivity contribution in [2.24, 2.45) is 0 Å². The Balaban J connectivity index is 2.02. The first-order chi connectivity index (χ1) is 9.65. The van der Waals surface area contributed by atoms with E-state index >= 15 is 0 Å². The maximum atomic E-state index is 6.31. The highest BCUT2D eigenvalue weighted by Crippen LogP contribution is 2.34. The van der Waals surface area contributed by atoms with Crippen LogP contribution in [-0.2, 0) is 0 Å². The summed E-state index contributed by atoms with van der Waals surface area (Å²) in [4.78, 5) is 10.9. The Morgan fingerprint density at radius 3 is 2.05 bits per heavy atom. The molecular formula is C14H12BrCl2N3. The minimum atomic E-state index is 0.397. The van der Waals surface area contributed by atoms with Gasteiger partial charge in [-0.15, -0.1) is 0 Å². The summed E-state index contributed by atoms with van der Waals surface area (Å²) in [5, 5.41) is 0.795. The Hall–Kier alpha value is -0.840. The highest BCUT2D eigenvalue weighted by atomic mass is 79.9. The zero-order chi connectivity index (χ0) is 14.1. The summed E-state index contributed by atoms with van der Waals surface area (Å²) < 4.78 is 1.00. The zero-order valence-electron chi connectivity index (χ0n) is 10.6. The van der Waals surface area contributed by atoms with E-state index in [0.29, 0.717) is 21.8 Å². The van der Waals surface area contributed by atoms with Crippen molar-refractivity contribution in [3.05, 3.63) is 39.0 Å². The molecule has 1 saturated heterocycles. The van der Waals surface area contributed by atoms with Crippen LogP contribution < -0.4 is 4.90 Å². The van der Waals surface area contributed by atoms with Gasteiger partial charge in [0.2, 0.25) is 5.95 Å². The Morgan fingerprint density at radius 1 is 0.950 bits per heavy atom. The second kappa shape index (κ2) is 5.88. The van der Waals surface area contributed by atoms with Crippen molar-refractivity contribution >= 4 is 45.1 Å². The van der Waals surface area contributed by atoms with Crippen molar-refractivity contribution in [1.29, 1.82) is 0 Å². The molecule has 0 amide bonds. The third-order valence-corrected chi connectivity index (χ3v) is 4.41. The molecule has 0 spiro atoms. The van der Waals surface area contributed by atoms with Crippen LogP contribution >= 0.6 is 39.1 Å². The molecule has 1 aromatic carbocycles. The Bertz CT molecular complexity index is 602. The molecule has 0 unspecified atom stereocenters. The lowest BCUT2D eigenvalue weighted by molar-refractivity contribution is 0.899. The molecule has 104 valence electrons. The first-order valence-corrected chi connectivity index (χ1v) is 7.94. The molecule has 20 heavy (non-hydrogen) atoms. The molecular weight excluding hydrogens is 361 g/mol. The van der Waals surface area contributed by atoms with Crippen LogP contribution in [0.15, 0.2) is 28.7 Å². The van der Waals surface area contributed by atoms with Crippen LogP contribution in [0.3, 0.4) is 0 Å². The van der Waals surface area contributed by atoms with Crippen molar-refractivity contribution in [2.45, 2.75) is 12.8 Å². The van der Waals surface area contributed by atoms with E-state index in [1.165, 1.54) is 0 Å². The van der Waals surface area contributed by atoms with Gasteiger partial charge in [0, 0.05) is 17.6 Å². The molecule has 2 aromatic rings. The van der Waals surface area contributed by atoms with Gasteiger partial charge < -0.3 is 4.90 Å². The van der Waals surface area contributed by atoms with Crippen LogP contribution in [0.1, 0.15) is 12.8 Å². The highest BCUT2D eigenvalue weighted by Gasteiger charge is 2.19. The van der Waals surface area contributed by atoms with E-state index in [9.17, 15) is 0 Å². The van der Waals surface area contributed by atoms with Gasteiger partial charge in [-0.25, -0.2) is 9.97 Å². The first kappa shape index (κ1) is 14.1. The third kappa shape index (κ3) is 2.78. The fraction of sp³-hybridized carbons (Fsp3) is 0.286. The summed E-state index contributed by atoms with van der Waals surface area (Å²) >= 11 is 16.0. The Labute approximate surface area is 136 Å². The van der Waals surface area contributed by atoms with E-state index in [4.69, 9.17) is 23.2 Å². The molecule has 2 heterocycles. The van der Waals surface area contributed by atoms with E-state index in [1.807, 2.05) is 24.3 Å². The molecule has 1 fully saturated rings. The maximum Gasteiger partial charge on any atom is 0.228 e. The average molecular weight is 373 g/mol. The number of hydrogen-bond donors (Lipinski definition) is 0. The van der Waals surface area contributed by atoms with E-state index in [1.54, 1.807) is 0 Å². The summed E-state index contributed by atoms with van der Waals surface area (Å²) in [6, 6.07) is 7.76. The average Bonchev–Trinajstić information content (AvgIpc) is 2.94. The highest BCUT2D eigenvalue weighted by molar-refractivity contribution is 9.10. The summed E-state index contributed by atoms with van der Waals surface area (Å²) in [6.07, 6.45) is 2.32. The molecule has 0 aliphatic carbocycles. The lowest BCUT2D eigenvalue weighted by Gasteiger charge is -2.16. The standard InChI is InChI=1S/C14H12BrCl2N3/c15-10-5-3-9(4-6-10)11-12(16)18-14(19-13(11)17)20-7-1-2-8-20/h3-6H,1-2,7-8H2. The minimum Gasteiger partial charge on any atom is -0.341 e. The lowest BCUT2D eigenvalue weighted by atomic mass is 10.1. The summed E-state index contributed by atoms with van der Waals surface area (Å²) in [7, 11) is 0. The number of halogens is 3. The molecule has 0 radical (unpaired) electrons. The van der Waals surface area contributed by atoms with Gasteiger partial charge in [0.25, 0.3) is 0 Å². The van der Waals surface area contributed by atoms with Crippen molar-refractivity contribution in [3.8, 4) is 11.1 Å². The van der Waals surface area contributed by atoms with E-state index in [0.717, 1.165) is 36.0 Å². The molecule has 1 aliphatic heterocycles. The summed E-state index contributed by atoms with van der Waals surface area (Å²) in [5.41, 5.74) is 1.60. The molecule has 0 saturated carbocycles. The van der Waals surface area contributed by atoms with Gasteiger partial charge in [-0.05, 0) is 30.5 Å². The number of anilines is 1. The smallest absolute Gasteiger partial charge is 0.228 e. The SMILES string of the molecule is Clc1nc(N2CCCC2)nc(Cl)c1-c1ccc(Br)cc1. The predicted octanol–water partition coefficient (Wildman–Crippen LogP) is 4.81. The van der Waals surface area contributed by atoms with Crippen LogP contribution in [0.25, 0.3) is 11.1 Å². The van der Waals surface area contributed by atoms with Gasteiger partial charge in [0.1, 0.15) is 10.3 Å². The fourth-order valence-electron chi connectivity index (χ4n) is 2.31. The monoisotopic (exact) mass is 371 g/mol. The summed E-state index contributed by atoms with van der Waals surface area (Å²) in [5.74, 6) is 0.623. The Morgan fingerprint density at radius 2 is 1.50 bits per heavy atom. The van der Waals surface area contributed by atoms with E-state index in [2.05, 4.69) is 30.8 Å². The minimum absolute atomic E-state index is 0.397. The van der Waals surface area contributed by atoms with Crippen molar-refractivity contribution < 1.29 is 0 Å². The second-order valence-corrected chi connectivity index (χ2v) is 6.31. The largest absolute Gasteiger partial charge is 0.341 e. The number of aromatic nitrogens is 2. The van der Waals surface area contributed by atoms with Crippen molar-refractivity contribution in [3.63, 3.8) is 0 Å². The van der Waals surface area contributed by atoms with Gasteiger partial charge in [-0.3, -0.25) is 0 Å². The zero-order valence-corrected chi connectivity index (χ0v) is 13.7. The molecule has 1 aromatic heterocycles. The lowest BCUT2D eigenvalue weighted by Crippen LogP contribution is -2.20. The van der Waals surface area contributed by atoms with Gasteiger partial charge >= 0.3 is 0 Å². The quantitative estimate of drug-likeness (QED) is 0.708. The van der Waals surface area contributed by atoms with Gasteiger partial charge in [-0.2, -0.15) is 0 Å². The van der Waals surface area contributed by atoms with Gasteiger partial charge in [0.15, 0.2) is 0 Å². The molecule has 1 aliphatic rings. The van der Waals surface area contributed by atoms with Crippen LogP contribution in [0.5, 0.6) is 0 Å². The third-order valence-electron chi connectivity index (χ3n) is 3.33. The number of nitrogens with zero attached hydrogens (tertiary/aromatic N) is 3. The number of hydrogen-bond acceptors (Lipinski definition) is 3. The maximum absolute atomic E-state index is 6.31. The van der Waals surface area contributed by atoms with Crippen LogP contribution in [-0.4, -0.2) is 23.1 Å². The molecule has 3 nitrogen and oxygen atoms in total. The Kier molecular flexibility index (Phi) is 4.15.